The largest absolute Gasteiger partial charge is 0.388 e. The zero-order valence-electron chi connectivity index (χ0n) is 12.9. The molecule has 1 aromatic carbocycles. The van der Waals surface area contributed by atoms with Gasteiger partial charge < -0.3 is 15.9 Å². The molecule has 4 N–H and O–H groups in total. The summed E-state index contributed by atoms with van der Waals surface area (Å²) in [6.07, 6.45) is 8.44. The predicted octanol–water partition coefficient (Wildman–Crippen LogP) is 2.78. The molecular weight excluding hydrogens is 250 g/mol. The van der Waals surface area contributed by atoms with Crippen molar-refractivity contribution in [1.82, 2.24) is 0 Å². The lowest BCUT2D eigenvalue weighted by Gasteiger charge is -2.28. The highest BCUT2D eigenvalue weighted by atomic mass is 16.3. The number of nitrogens with two attached hydrogens (primary N) is 1. The minimum Gasteiger partial charge on any atom is -0.388 e. The normalized spacial score (nSPS) is 20.9. The smallest absolute Gasteiger partial charge is 0.0830 e. The van der Waals surface area contributed by atoms with E-state index in [0.29, 0.717) is 24.6 Å². The van der Waals surface area contributed by atoms with E-state index in [1.54, 1.807) is 6.07 Å². The SMILES string of the molecule is [2H]c1ccc(C=CC2(O)CCCCC2)cc1C(O)CCN. The van der Waals surface area contributed by atoms with E-state index in [1.807, 2.05) is 24.3 Å². The van der Waals surface area contributed by atoms with Crippen LogP contribution in [0.2, 0.25) is 0 Å². The molecule has 1 saturated carbocycles. The molecular formula is C17H25NO2. The van der Waals surface area contributed by atoms with E-state index in [4.69, 9.17) is 7.10 Å². The molecule has 0 spiro atoms. The first kappa shape index (κ1) is 13.8. The maximum atomic E-state index is 10.5. The Morgan fingerprint density at radius 2 is 2.15 bits per heavy atom. The van der Waals surface area contributed by atoms with Crippen molar-refractivity contribution in [2.45, 2.75) is 50.2 Å². The van der Waals surface area contributed by atoms with Crippen LogP contribution in [0.5, 0.6) is 0 Å². The maximum Gasteiger partial charge on any atom is 0.0830 e. The van der Waals surface area contributed by atoms with Crippen LogP contribution in [0.3, 0.4) is 0 Å². The molecule has 1 unspecified atom stereocenters. The standard InChI is InChI=1S/C17H25NO2/c18-12-8-16(19)15-6-4-5-14(13-15)7-11-17(20)9-2-1-3-10-17/h4-7,11,13,16,19-20H,1-3,8-10,12,18H2/i6D. The first-order valence-electron chi connectivity index (χ1n) is 7.94. The molecule has 110 valence electrons. The van der Waals surface area contributed by atoms with Crippen LogP contribution in [0, 0.1) is 0 Å². The van der Waals surface area contributed by atoms with Gasteiger partial charge >= 0.3 is 0 Å². The quantitative estimate of drug-likeness (QED) is 0.774. The van der Waals surface area contributed by atoms with Crippen molar-refractivity contribution in [3.8, 4) is 0 Å². The fraction of sp³-hybridized carbons (Fsp3) is 0.529. The lowest BCUT2D eigenvalue weighted by Crippen LogP contribution is -2.28. The Labute approximate surface area is 122 Å². The Kier molecular flexibility index (Phi) is 4.85. The third-order valence-electron chi connectivity index (χ3n) is 3.95. The Bertz CT molecular complexity index is 496. The van der Waals surface area contributed by atoms with E-state index >= 15 is 0 Å². The van der Waals surface area contributed by atoms with Crippen LogP contribution in [0.25, 0.3) is 6.08 Å². The van der Waals surface area contributed by atoms with E-state index in [0.717, 1.165) is 31.2 Å². The molecule has 0 bridgehead atoms. The van der Waals surface area contributed by atoms with E-state index < -0.39 is 11.7 Å². The lowest BCUT2D eigenvalue weighted by atomic mass is 9.84. The molecule has 1 aliphatic carbocycles. The Balaban J connectivity index is 2.15. The van der Waals surface area contributed by atoms with Gasteiger partial charge in [-0.15, -0.1) is 0 Å². The molecule has 1 fully saturated rings. The molecule has 2 rings (SSSR count). The number of aliphatic hydroxyl groups excluding tert-OH is 1. The number of hydrogen-bond acceptors (Lipinski definition) is 3. The average Bonchev–Trinajstić information content (AvgIpc) is 2.47. The molecule has 1 aliphatic rings. The first-order chi connectivity index (χ1) is 10.0. The molecule has 0 amide bonds. The summed E-state index contributed by atoms with van der Waals surface area (Å²) in [7, 11) is 0. The van der Waals surface area contributed by atoms with Crippen molar-refractivity contribution in [2.75, 3.05) is 6.54 Å². The third-order valence-corrected chi connectivity index (χ3v) is 3.95. The number of benzene rings is 1. The predicted molar refractivity (Wildman–Crippen MR) is 82.1 cm³/mol. The topological polar surface area (TPSA) is 66.5 Å². The van der Waals surface area contributed by atoms with E-state index in [1.165, 1.54) is 6.42 Å². The van der Waals surface area contributed by atoms with Gasteiger partial charge in [0.1, 0.15) is 0 Å². The molecule has 0 aliphatic heterocycles. The van der Waals surface area contributed by atoms with Crippen LogP contribution in [-0.4, -0.2) is 22.4 Å². The highest BCUT2D eigenvalue weighted by molar-refractivity contribution is 5.52. The first-order valence-corrected chi connectivity index (χ1v) is 7.44. The Morgan fingerprint density at radius 1 is 1.40 bits per heavy atom. The molecule has 0 aromatic heterocycles. The molecule has 1 atom stereocenters. The zero-order chi connectivity index (χ0) is 15.3. The Morgan fingerprint density at radius 3 is 2.85 bits per heavy atom. The molecule has 0 heterocycles. The molecule has 3 nitrogen and oxygen atoms in total. The fourth-order valence-corrected chi connectivity index (χ4v) is 2.69. The highest BCUT2D eigenvalue weighted by Crippen LogP contribution is 2.30. The molecule has 0 radical (unpaired) electrons. The lowest BCUT2D eigenvalue weighted by molar-refractivity contribution is 0.0521. The molecule has 0 saturated heterocycles. The van der Waals surface area contributed by atoms with Gasteiger partial charge in [-0.2, -0.15) is 0 Å². The summed E-state index contributed by atoms with van der Waals surface area (Å²) >= 11 is 0. The number of hydrogen-bond donors (Lipinski definition) is 3. The van der Waals surface area contributed by atoms with Gasteiger partial charge in [0.15, 0.2) is 0 Å². The van der Waals surface area contributed by atoms with Crippen LogP contribution >= 0.6 is 0 Å². The third kappa shape index (κ3) is 4.17. The molecule has 1 aromatic rings. The van der Waals surface area contributed by atoms with Crippen molar-refractivity contribution in [1.29, 1.82) is 0 Å². The summed E-state index contributed by atoms with van der Waals surface area (Å²) in [4.78, 5) is 0. The zero-order valence-corrected chi connectivity index (χ0v) is 11.9. The summed E-state index contributed by atoms with van der Waals surface area (Å²) in [6, 6.07) is 5.65. The Hall–Kier alpha value is -1.16. The van der Waals surface area contributed by atoms with Crippen molar-refractivity contribution in [3.63, 3.8) is 0 Å². The van der Waals surface area contributed by atoms with Gasteiger partial charge in [0, 0.05) is 0 Å². The monoisotopic (exact) mass is 276 g/mol. The van der Waals surface area contributed by atoms with Crippen LogP contribution in [-0.2, 0) is 0 Å². The van der Waals surface area contributed by atoms with E-state index in [9.17, 15) is 10.2 Å². The fourth-order valence-electron chi connectivity index (χ4n) is 2.69. The van der Waals surface area contributed by atoms with Gasteiger partial charge in [-0.25, -0.2) is 0 Å². The van der Waals surface area contributed by atoms with Gasteiger partial charge in [-0.05, 0) is 43.0 Å². The van der Waals surface area contributed by atoms with Gasteiger partial charge in [0.05, 0.1) is 13.1 Å². The van der Waals surface area contributed by atoms with Crippen LogP contribution in [0.1, 0.15) is 57.1 Å². The van der Waals surface area contributed by atoms with E-state index in [-0.39, 0.29) is 0 Å². The summed E-state index contributed by atoms with van der Waals surface area (Å²) in [5, 5.41) is 20.5. The maximum absolute atomic E-state index is 10.5. The van der Waals surface area contributed by atoms with E-state index in [2.05, 4.69) is 0 Å². The van der Waals surface area contributed by atoms with Crippen molar-refractivity contribution in [2.24, 2.45) is 5.73 Å². The summed E-state index contributed by atoms with van der Waals surface area (Å²) in [5.74, 6) is 0. The second-order valence-electron chi connectivity index (χ2n) is 5.67. The number of rotatable bonds is 5. The summed E-state index contributed by atoms with van der Waals surface area (Å²) in [6.45, 7) is 0.389. The molecule has 20 heavy (non-hydrogen) atoms. The summed E-state index contributed by atoms with van der Waals surface area (Å²) in [5.41, 5.74) is 6.25. The minimum atomic E-state index is -0.700. The molecule has 3 heteroatoms. The van der Waals surface area contributed by atoms with Gasteiger partial charge in [0.2, 0.25) is 0 Å². The second-order valence-corrected chi connectivity index (χ2v) is 5.67. The van der Waals surface area contributed by atoms with Crippen molar-refractivity contribution in [3.05, 3.63) is 41.4 Å². The van der Waals surface area contributed by atoms with Crippen LogP contribution in [0.4, 0.5) is 0 Å². The van der Waals surface area contributed by atoms with Gasteiger partial charge in [-0.1, -0.05) is 49.6 Å². The second kappa shape index (κ2) is 7.02. The number of aliphatic hydroxyl groups is 2. The van der Waals surface area contributed by atoms with Gasteiger partial charge in [0.25, 0.3) is 0 Å². The van der Waals surface area contributed by atoms with Crippen molar-refractivity contribution < 1.29 is 11.6 Å². The summed E-state index contributed by atoms with van der Waals surface area (Å²) < 4.78 is 7.87. The van der Waals surface area contributed by atoms with Gasteiger partial charge in [-0.3, -0.25) is 0 Å². The van der Waals surface area contributed by atoms with Crippen molar-refractivity contribution >= 4 is 6.08 Å². The van der Waals surface area contributed by atoms with Crippen LogP contribution in [0.15, 0.2) is 30.3 Å². The highest BCUT2D eigenvalue weighted by Gasteiger charge is 2.25. The van der Waals surface area contributed by atoms with Crippen LogP contribution < -0.4 is 5.73 Å². The minimum absolute atomic E-state index is 0.324. The average molecular weight is 276 g/mol.